The molecule has 0 saturated heterocycles. The first-order valence-corrected chi connectivity index (χ1v) is 6.71. The third kappa shape index (κ3) is 3.01. The van der Waals surface area contributed by atoms with Crippen LogP contribution in [0.4, 0.5) is 0 Å². The van der Waals surface area contributed by atoms with Gasteiger partial charge in [0.2, 0.25) is 0 Å². The molecule has 92 valence electrons. The largest absolute Gasteiger partial charge is 0.493 e. The highest BCUT2D eigenvalue weighted by Gasteiger charge is 2.40. The monoisotopic (exact) mass is 231 g/mol. The number of ether oxygens (including phenoxy) is 1. The molecular formula is C15H21NO. The smallest absolute Gasteiger partial charge is 0.119 e. The van der Waals surface area contributed by atoms with Crippen molar-refractivity contribution in [2.75, 3.05) is 20.2 Å². The first-order valence-electron chi connectivity index (χ1n) is 6.71. The van der Waals surface area contributed by atoms with Crippen LogP contribution in [0.5, 0.6) is 5.75 Å². The molecule has 0 spiro atoms. The molecule has 0 bridgehead atoms. The van der Waals surface area contributed by atoms with Crippen LogP contribution < -0.4 is 4.74 Å². The highest BCUT2D eigenvalue weighted by atomic mass is 16.5. The fourth-order valence-electron chi connectivity index (χ4n) is 2.49. The Morgan fingerprint density at radius 2 is 1.94 bits per heavy atom. The van der Waals surface area contributed by atoms with E-state index in [0.29, 0.717) is 0 Å². The molecule has 0 aliphatic heterocycles. The summed E-state index contributed by atoms with van der Waals surface area (Å²) in [7, 11) is 2.27. The van der Waals surface area contributed by atoms with Crippen molar-refractivity contribution in [3.05, 3.63) is 30.3 Å². The van der Waals surface area contributed by atoms with Crippen molar-refractivity contribution in [1.29, 1.82) is 0 Å². The van der Waals surface area contributed by atoms with Gasteiger partial charge in [-0.2, -0.15) is 0 Å². The van der Waals surface area contributed by atoms with Gasteiger partial charge in [-0.15, -0.1) is 0 Å². The SMILES string of the molecule is CN(CC1CC1COc1ccccc1)C1CC1. The number of benzene rings is 1. The van der Waals surface area contributed by atoms with Crippen LogP contribution >= 0.6 is 0 Å². The molecule has 0 aromatic heterocycles. The quantitative estimate of drug-likeness (QED) is 0.746. The van der Waals surface area contributed by atoms with E-state index < -0.39 is 0 Å². The summed E-state index contributed by atoms with van der Waals surface area (Å²) in [5.74, 6) is 2.68. The average molecular weight is 231 g/mol. The molecule has 1 aromatic rings. The van der Waals surface area contributed by atoms with Crippen LogP contribution in [0.3, 0.4) is 0 Å². The van der Waals surface area contributed by atoms with Crippen LogP contribution in [0, 0.1) is 11.8 Å². The van der Waals surface area contributed by atoms with Gasteiger partial charge in [0.15, 0.2) is 0 Å². The van der Waals surface area contributed by atoms with Gasteiger partial charge in [-0.3, -0.25) is 0 Å². The molecule has 2 fully saturated rings. The second-order valence-electron chi connectivity index (χ2n) is 5.55. The van der Waals surface area contributed by atoms with Crippen molar-refractivity contribution in [1.82, 2.24) is 4.90 Å². The summed E-state index contributed by atoms with van der Waals surface area (Å²) in [6.45, 7) is 2.17. The third-order valence-electron chi connectivity index (χ3n) is 3.97. The molecule has 2 aliphatic carbocycles. The van der Waals surface area contributed by atoms with E-state index >= 15 is 0 Å². The maximum atomic E-state index is 5.80. The number of para-hydroxylation sites is 1. The lowest BCUT2D eigenvalue weighted by Crippen LogP contribution is -2.24. The summed E-state index contributed by atoms with van der Waals surface area (Å²) in [5, 5.41) is 0. The van der Waals surface area contributed by atoms with Crippen molar-refractivity contribution >= 4 is 0 Å². The molecule has 0 radical (unpaired) electrons. The van der Waals surface area contributed by atoms with Crippen molar-refractivity contribution in [2.45, 2.75) is 25.3 Å². The van der Waals surface area contributed by atoms with Crippen molar-refractivity contribution < 1.29 is 4.74 Å². The van der Waals surface area contributed by atoms with Crippen LogP contribution in [0.2, 0.25) is 0 Å². The fourth-order valence-corrected chi connectivity index (χ4v) is 2.49. The number of hydrogen-bond acceptors (Lipinski definition) is 2. The van der Waals surface area contributed by atoms with Gasteiger partial charge in [0, 0.05) is 12.6 Å². The van der Waals surface area contributed by atoms with Crippen LogP contribution in [0.25, 0.3) is 0 Å². The van der Waals surface area contributed by atoms with Crippen LogP contribution in [-0.4, -0.2) is 31.1 Å². The van der Waals surface area contributed by atoms with Gasteiger partial charge in [0.1, 0.15) is 5.75 Å². The molecule has 2 saturated carbocycles. The normalized spacial score (nSPS) is 27.2. The Morgan fingerprint density at radius 3 is 2.65 bits per heavy atom. The number of nitrogens with zero attached hydrogens (tertiary/aromatic N) is 1. The Hall–Kier alpha value is -1.02. The van der Waals surface area contributed by atoms with Gasteiger partial charge in [0.25, 0.3) is 0 Å². The van der Waals surface area contributed by atoms with Gasteiger partial charge < -0.3 is 9.64 Å². The maximum absolute atomic E-state index is 5.80. The van der Waals surface area contributed by atoms with E-state index in [1.54, 1.807) is 0 Å². The van der Waals surface area contributed by atoms with Gasteiger partial charge in [-0.1, -0.05) is 18.2 Å². The van der Waals surface area contributed by atoms with Gasteiger partial charge >= 0.3 is 0 Å². The Kier molecular flexibility index (Phi) is 3.06. The average Bonchev–Trinajstić information content (AvgIpc) is 3.23. The predicted molar refractivity (Wildman–Crippen MR) is 69.2 cm³/mol. The number of hydrogen-bond donors (Lipinski definition) is 0. The molecule has 2 heteroatoms. The summed E-state index contributed by atoms with van der Waals surface area (Å²) in [5.41, 5.74) is 0. The lowest BCUT2D eigenvalue weighted by atomic mass is 10.3. The Balaban J connectivity index is 1.37. The zero-order chi connectivity index (χ0) is 11.7. The highest BCUT2D eigenvalue weighted by molar-refractivity contribution is 5.21. The lowest BCUT2D eigenvalue weighted by Gasteiger charge is -2.15. The molecule has 3 rings (SSSR count). The Labute approximate surface area is 104 Å². The fraction of sp³-hybridized carbons (Fsp3) is 0.600. The first-order chi connectivity index (χ1) is 8.33. The van der Waals surface area contributed by atoms with Gasteiger partial charge in [-0.05, 0) is 50.3 Å². The topological polar surface area (TPSA) is 12.5 Å². The Morgan fingerprint density at radius 1 is 1.18 bits per heavy atom. The second kappa shape index (κ2) is 4.69. The van der Waals surface area contributed by atoms with E-state index in [0.717, 1.165) is 30.2 Å². The molecule has 2 atom stereocenters. The van der Waals surface area contributed by atoms with Gasteiger partial charge in [0.05, 0.1) is 6.61 Å². The molecule has 2 aliphatic rings. The summed E-state index contributed by atoms with van der Waals surface area (Å²) >= 11 is 0. The molecule has 2 nitrogen and oxygen atoms in total. The minimum Gasteiger partial charge on any atom is -0.493 e. The molecule has 0 amide bonds. The molecule has 2 unspecified atom stereocenters. The summed E-state index contributed by atoms with van der Waals surface area (Å²) in [6, 6.07) is 11.0. The summed E-state index contributed by atoms with van der Waals surface area (Å²) < 4.78 is 5.80. The molecule has 1 aromatic carbocycles. The minimum atomic E-state index is 0.788. The van der Waals surface area contributed by atoms with E-state index in [9.17, 15) is 0 Å². The van der Waals surface area contributed by atoms with Crippen LogP contribution in [-0.2, 0) is 0 Å². The van der Waals surface area contributed by atoms with E-state index in [4.69, 9.17) is 4.74 Å². The van der Waals surface area contributed by atoms with Crippen LogP contribution in [0.1, 0.15) is 19.3 Å². The standard InChI is InChI=1S/C15H21NO/c1-16(14-7-8-14)10-12-9-13(12)11-17-15-5-3-2-4-6-15/h2-6,12-14H,7-11H2,1H3. The van der Waals surface area contributed by atoms with Crippen molar-refractivity contribution in [3.8, 4) is 5.75 Å². The van der Waals surface area contributed by atoms with E-state index in [1.165, 1.54) is 25.8 Å². The van der Waals surface area contributed by atoms with E-state index in [1.807, 2.05) is 30.3 Å². The Bertz CT molecular complexity index is 360. The zero-order valence-corrected chi connectivity index (χ0v) is 10.5. The predicted octanol–water partition coefficient (Wildman–Crippen LogP) is 2.80. The van der Waals surface area contributed by atoms with Crippen molar-refractivity contribution in [3.63, 3.8) is 0 Å². The zero-order valence-electron chi connectivity index (χ0n) is 10.5. The third-order valence-corrected chi connectivity index (χ3v) is 3.97. The minimum absolute atomic E-state index is 0.788. The van der Waals surface area contributed by atoms with Crippen molar-refractivity contribution in [2.24, 2.45) is 11.8 Å². The summed E-state index contributed by atoms with van der Waals surface area (Å²) in [4.78, 5) is 2.53. The molecular weight excluding hydrogens is 210 g/mol. The second-order valence-corrected chi connectivity index (χ2v) is 5.55. The first kappa shape index (κ1) is 11.1. The molecule has 0 N–H and O–H groups in total. The van der Waals surface area contributed by atoms with E-state index in [2.05, 4.69) is 11.9 Å². The molecule has 0 heterocycles. The van der Waals surface area contributed by atoms with Gasteiger partial charge in [-0.25, -0.2) is 0 Å². The highest BCUT2D eigenvalue weighted by Crippen LogP contribution is 2.40. The summed E-state index contributed by atoms with van der Waals surface area (Å²) in [6.07, 6.45) is 4.17. The lowest BCUT2D eigenvalue weighted by molar-refractivity contribution is 0.265. The molecule has 17 heavy (non-hydrogen) atoms. The van der Waals surface area contributed by atoms with Crippen LogP contribution in [0.15, 0.2) is 30.3 Å². The van der Waals surface area contributed by atoms with E-state index in [-0.39, 0.29) is 0 Å². The number of rotatable bonds is 6. The maximum Gasteiger partial charge on any atom is 0.119 e.